The first-order valence-electron chi connectivity index (χ1n) is 7.95. The number of nitrogens with one attached hydrogen (secondary N) is 2. The van der Waals surface area contributed by atoms with E-state index in [4.69, 9.17) is 9.90 Å². The van der Waals surface area contributed by atoms with Gasteiger partial charge in [0.25, 0.3) is 0 Å². The van der Waals surface area contributed by atoms with E-state index in [1.54, 1.807) is 36.8 Å². The minimum Gasteiger partial charge on any atom is -0.475 e. The van der Waals surface area contributed by atoms with Gasteiger partial charge in [0, 0.05) is 18.0 Å². The van der Waals surface area contributed by atoms with Crippen LogP contribution in [0, 0.1) is 5.82 Å². The molecular weight excluding hydrogens is 396 g/mol. The van der Waals surface area contributed by atoms with Crippen molar-refractivity contribution in [2.75, 3.05) is 5.32 Å². The standard InChI is InChI=1S/C16H13FN4O.C2HF3O2/c17-14-3-1-11(2-4-14)7-16(22)21-15-8-12(5-6-18-15)13-9-19-20-10-13;3-2(4,5)1(6)7/h1-6,8-10H,7H2,(H,19,20)(H,18,21,22);(H,6,7). The zero-order chi connectivity index (χ0) is 21.4. The Hall–Kier alpha value is -3.76. The molecule has 0 aliphatic heterocycles. The third-order valence-corrected chi connectivity index (χ3v) is 3.38. The van der Waals surface area contributed by atoms with Crippen molar-refractivity contribution in [2.45, 2.75) is 12.6 Å². The second kappa shape index (κ2) is 9.44. The second-order valence-electron chi connectivity index (χ2n) is 5.57. The minimum absolute atomic E-state index is 0.165. The maximum Gasteiger partial charge on any atom is 0.490 e. The summed E-state index contributed by atoms with van der Waals surface area (Å²) in [5, 5.41) is 16.5. The lowest BCUT2D eigenvalue weighted by atomic mass is 10.1. The molecule has 3 N–H and O–H groups in total. The molecule has 1 aromatic carbocycles. The van der Waals surface area contributed by atoms with Crippen molar-refractivity contribution in [3.05, 3.63) is 66.4 Å². The van der Waals surface area contributed by atoms with Gasteiger partial charge in [-0.25, -0.2) is 14.2 Å². The van der Waals surface area contributed by atoms with Crippen LogP contribution in [0.25, 0.3) is 11.1 Å². The Balaban J connectivity index is 0.000000370. The SMILES string of the molecule is O=C(Cc1ccc(F)cc1)Nc1cc(-c2cn[nH]c2)ccn1.O=C(O)C(F)(F)F. The number of hydrogen-bond donors (Lipinski definition) is 3. The number of rotatable bonds is 4. The summed E-state index contributed by atoms with van der Waals surface area (Å²) < 4.78 is 44.6. The number of H-pyrrole nitrogens is 1. The lowest BCUT2D eigenvalue weighted by molar-refractivity contribution is -0.192. The lowest BCUT2D eigenvalue weighted by Crippen LogP contribution is -2.21. The number of carbonyl (C=O) groups excluding carboxylic acids is 1. The molecule has 7 nitrogen and oxygen atoms in total. The Morgan fingerprint density at radius 3 is 2.31 bits per heavy atom. The molecule has 0 radical (unpaired) electrons. The third kappa shape index (κ3) is 7.05. The highest BCUT2D eigenvalue weighted by molar-refractivity contribution is 5.91. The van der Waals surface area contributed by atoms with Gasteiger partial charge < -0.3 is 10.4 Å². The van der Waals surface area contributed by atoms with Gasteiger partial charge in [0.1, 0.15) is 11.6 Å². The van der Waals surface area contributed by atoms with Gasteiger partial charge in [-0.15, -0.1) is 0 Å². The van der Waals surface area contributed by atoms with Crippen LogP contribution in [0.2, 0.25) is 0 Å². The van der Waals surface area contributed by atoms with Crippen molar-refractivity contribution < 1.29 is 32.3 Å². The van der Waals surface area contributed by atoms with Gasteiger partial charge in [-0.2, -0.15) is 18.3 Å². The summed E-state index contributed by atoms with van der Waals surface area (Å²) >= 11 is 0. The number of anilines is 1. The zero-order valence-electron chi connectivity index (χ0n) is 14.6. The van der Waals surface area contributed by atoms with Gasteiger partial charge >= 0.3 is 12.1 Å². The summed E-state index contributed by atoms with van der Waals surface area (Å²) in [5.74, 6) is -2.82. The van der Waals surface area contributed by atoms with Crippen molar-refractivity contribution in [2.24, 2.45) is 0 Å². The first-order chi connectivity index (χ1) is 13.6. The fourth-order valence-electron chi connectivity index (χ4n) is 2.06. The molecule has 0 saturated heterocycles. The van der Waals surface area contributed by atoms with Gasteiger partial charge in [-0.1, -0.05) is 12.1 Å². The Labute approximate surface area is 161 Å². The molecule has 0 aliphatic rings. The molecule has 0 unspecified atom stereocenters. The molecule has 2 heterocycles. The van der Waals surface area contributed by atoms with Crippen LogP contribution in [0.3, 0.4) is 0 Å². The van der Waals surface area contributed by atoms with E-state index < -0.39 is 12.1 Å². The Bertz CT molecular complexity index is 958. The van der Waals surface area contributed by atoms with Crippen molar-refractivity contribution >= 4 is 17.7 Å². The average Bonchev–Trinajstić information content (AvgIpc) is 3.18. The number of carboxylic acid groups (broad SMARTS) is 1. The third-order valence-electron chi connectivity index (χ3n) is 3.38. The fraction of sp³-hybridized carbons (Fsp3) is 0.111. The quantitative estimate of drug-likeness (QED) is 0.571. The van der Waals surface area contributed by atoms with Crippen molar-refractivity contribution in [3.8, 4) is 11.1 Å². The number of aromatic nitrogens is 3. The van der Waals surface area contributed by atoms with E-state index in [-0.39, 0.29) is 18.1 Å². The maximum absolute atomic E-state index is 12.8. The van der Waals surface area contributed by atoms with E-state index in [0.29, 0.717) is 5.82 Å². The van der Waals surface area contributed by atoms with Gasteiger partial charge in [0.2, 0.25) is 5.91 Å². The molecule has 3 aromatic rings. The highest BCUT2D eigenvalue weighted by Crippen LogP contribution is 2.19. The van der Waals surface area contributed by atoms with Gasteiger partial charge in [-0.05, 0) is 35.4 Å². The molecule has 0 saturated carbocycles. The second-order valence-corrected chi connectivity index (χ2v) is 5.57. The van der Waals surface area contributed by atoms with Crippen molar-refractivity contribution in [1.29, 1.82) is 0 Å². The van der Waals surface area contributed by atoms with Gasteiger partial charge in [0.05, 0.1) is 12.6 Å². The molecule has 0 fully saturated rings. The number of benzene rings is 1. The van der Waals surface area contributed by atoms with Crippen LogP contribution in [-0.4, -0.2) is 38.3 Å². The first-order valence-corrected chi connectivity index (χ1v) is 7.95. The van der Waals surface area contributed by atoms with E-state index in [9.17, 15) is 22.4 Å². The van der Waals surface area contributed by atoms with Crippen molar-refractivity contribution in [1.82, 2.24) is 15.2 Å². The molecule has 0 atom stereocenters. The number of alkyl halides is 3. The summed E-state index contributed by atoms with van der Waals surface area (Å²) in [6.07, 6.45) is 0.159. The largest absolute Gasteiger partial charge is 0.490 e. The summed E-state index contributed by atoms with van der Waals surface area (Å²) in [4.78, 5) is 25.0. The molecule has 3 rings (SSSR count). The van der Waals surface area contributed by atoms with Crippen LogP contribution in [0.15, 0.2) is 55.0 Å². The zero-order valence-corrected chi connectivity index (χ0v) is 14.6. The number of nitrogens with zero attached hydrogens (tertiary/aromatic N) is 2. The number of amides is 1. The van der Waals surface area contributed by atoms with E-state index in [1.165, 1.54) is 12.1 Å². The van der Waals surface area contributed by atoms with Crippen LogP contribution in [0.5, 0.6) is 0 Å². The Morgan fingerprint density at radius 2 is 1.76 bits per heavy atom. The summed E-state index contributed by atoms with van der Waals surface area (Å²) in [7, 11) is 0. The smallest absolute Gasteiger partial charge is 0.475 e. The predicted octanol–water partition coefficient (Wildman–Crippen LogP) is 3.43. The number of hydrogen-bond acceptors (Lipinski definition) is 4. The number of pyridine rings is 1. The number of aliphatic carboxylic acids is 1. The number of carboxylic acids is 1. The van der Waals surface area contributed by atoms with E-state index in [2.05, 4.69) is 20.5 Å². The van der Waals surface area contributed by atoms with Crippen LogP contribution in [-0.2, 0) is 16.0 Å². The molecular formula is C18H14F4N4O3. The fourth-order valence-corrected chi connectivity index (χ4v) is 2.06. The number of carbonyl (C=O) groups is 2. The molecule has 0 spiro atoms. The minimum atomic E-state index is -5.08. The van der Waals surface area contributed by atoms with Crippen molar-refractivity contribution in [3.63, 3.8) is 0 Å². The van der Waals surface area contributed by atoms with Gasteiger partial charge in [0.15, 0.2) is 0 Å². The molecule has 11 heteroatoms. The Morgan fingerprint density at radius 1 is 1.10 bits per heavy atom. The Kier molecular flexibility index (Phi) is 7.01. The summed E-state index contributed by atoms with van der Waals surface area (Å²) in [6.45, 7) is 0. The van der Waals surface area contributed by atoms with Crippen LogP contribution in [0.1, 0.15) is 5.56 Å². The van der Waals surface area contributed by atoms with Crippen LogP contribution in [0.4, 0.5) is 23.4 Å². The lowest BCUT2D eigenvalue weighted by Gasteiger charge is -2.06. The highest BCUT2D eigenvalue weighted by atomic mass is 19.4. The van der Waals surface area contributed by atoms with E-state index in [0.717, 1.165) is 16.7 Å². The normalized spacial score (nSPS) is 10.6. The van der Waals surface area contributed by atoms with Crippen LogP contribution < -0.4 is 5.32 Å². The topological polar surface area (TPSA) is 108 Å². The van der Waals surface area contributed by atoms with Crippen LogP contribution >= 0.6 is 0 Å². The molecule has 1 amide bonds. The molecule has 0 bridgehead atoms. The van der Waals surface area contributed by atoms with Gasteiger partial charge in [-0.3, -0.25) is 9.89 Å². The number of aromatic amines is 1. The highest BCUT2D eigenvalue weighted by Gasteiger charge is 2.38. The monoisotopic (exact) mass is 410 g/mol. The molecule has 29 heavy (non-hydrogen) atoms. The van der Waals surface area contributed by atoms with E-state index >= 15 is 0 Å². The molecule has 2 aromatic heterocycles. The molecule has 152 valence electrons. The maximum atomic E-state index is 12.8. The first kappa shape index (κ1) is 21.5. The van der Waals surface area contributed by atoms with E-state index in [1.807, 2.05) is 6.07 Å². The number of halogens is 4. The predicted molar refractivity (Wildman–Crippen MR) is 94.2 cm³/mol. The summed E-state index contributed by atoms with van der Waals surface area (Å²) in [5.41, 5.74) is 2.56. The average molecular weight is 410 g/mol. The summed E-state index contributed by atoms with van der Waals surface area (Å²) in [6, 6.07) is 9.45. The molecule has 0 aliphatic carbocycles.